The van der Waals surface area contributed by atoms with Crippen molar-refractivity contribution in [2.75, 3.05) is 19.8 Å². The minimum Gasteiger partial charge on any atom is -0.480 e. The number of aliphatic carboxylic acids is 1. The highest BCUT2D eigenvalue weighted by Gasteiger charge is 2.31. The highest BCUT2D eigenvalue weighted by atomic mass is 16.5. The molecule has 0 rings (SSSR count). The summed E-state index contributed by atoms with van der Waals surface area (Å²) in [6.07, 6.45) is 2.30. The van der Waals surface area contributed by atoms with Crippen LogP contribution in [0, 0.1) is 5.92 Å². The number of ether oxygens (including phenoxy) is 1. The fourth-order valence-electron chi connectivity index (χ4n) is 1.52. The second-order valence-electron chi connectivity index (χ2n) is 5.14. The Morgan fingerprint density at radius 1 is 1.47 bits per heavy atom. The number of carboxylic acids is 1. The molecular formula is C13H27NO3. The number of nitrogens with one attached hydrogen (secondary N) is 1. The maximum Gasteiger partial charge on any atom is 0.323 e. The first kappa shape index (κ1) is 16.4. The van der Waals surface area contributed by atoms with Crippen molar-refractivity contribution in [3.63, 3.8) is 0 Å². The maximum atomic E-state index is 11.2. The molecule has 0 aromatic carbocycles. The molecule has 4 heteroatoms. The van der Waals surface area contributed by atoms with Crippen LogP contribution in [0.3, 0.4) is 0 Å². The number of carbonyl (C=O) groups is 1. The van der Waals surface area contributed by atoms with Crippen molar-refractivity contribution in [1.29, 1.82) is 0 Å². The van der Waals surface area contributed by atoms with E-state index in [9.17, 15) is 9.90 Å². The average molecular weight is 245 g/mol. The summed E-state index contributed by atoms with van der Waals surface area (Å²) in [5, 5.41) is 12.3. The number of hydrogen-bond acceptors (Lipinski definition) is 3. The monoisotopic (exact) mass is 245 g/mol. The molecule has 0 bridgehead atoms. The zero-order valence-electron chi connectivity index (χ0n) is 11.6. The van der Waals surface area contributed by atoms with Gasteiger partial charge in [-0.1, -0.05) is 20.8 Å². The molecule has 0 aliphatic carbocycles. The van der Waals surface area contributed by atoms with Crippen molar-refractivity contribution in [1.82, 2.24) is 5.32 Å². The minimum absolute atomic E-state index is 0.527. The lowest BCUT2D eigenvalue weighted by atomic mass is 9.96. The molecule has 0 amide bonds. The Morgan fingerprint density at radius 3 is 2.59 bits per heavy atom. The van der Waals surface area contributed by atoms with E-state index in [0.717, 1.165) is 26.0 Å². The van der Waals surface area contributed by atoms with Crippen LogP contribution in [0.15, 0.2) is 0 Å². The van der Waals surface area contributed by atoms with Gasteiger partial charge in [0.2, 0.25) is 0 Å². The van der Waals surface area contributed by atoms with Gasteiger partial charge in [-0.25, -0.2) is 0 Å². The summed E-state index contributed by atoms with van der Waals surface area (Å²) in [6, 6.07) is 0. The molecule has 102 valence electrons. The summed E-state index contributed by atoms with van der Waals surface area (Å²) in [5.74, 6) is -0.256. The molecule has 0 saturated heterocycles. The topological polar surface area (TPSA) is 58.6 Å². The van der Waals surface area contributed by atoms with Crippen LogP contribution in [0.4, 0.5) is 0 Å². The van der Waals surface area contributed by atoms with Crippen LogP contribution in [0.25, 0.3) is 0 Å². The normalized spacial score (nSPS) is 14.9. The lowest BCUT2D eigenvalue weighted by Crippen LogP contribution is -2.49. The molecule has 0 radical (unpaired) electrons. The van der Waals surface area contributed by atoms with Gasteiger partial charge in [-0.3, -0.25) is 4.79 Å². The van der Waals surface area contributed by atoms with Crippen LogP contribution in [-0.2, 0) is 9.53 Å². The van der Waals surface area contributed by atoms with E-state index in [1.54, 1.807) is 6.92 Å². The van der Waals surface area contributed by atoms with Gasteiger partial charge in [0.15, 0.2) is 0 Å². The van der Waals surface area contributed by atoms with Crippen molar-refractivity contribution < 1.29 is 14.6 Å². The first-order valence-corrected chi connectivity index (χ1v) is 6.48. The van der Waals surface area contributed by atoms with E-state index >= 15 is 0 Å². The summed E-state index contributed by atoms with van der Waals surface area (Å²) >= 11 is 0. The molecule has 0 aromatic heterocycles. The quantitative estimate of drug-likeness (QED) is 0.580. The van der Waals surface area contributed by atoms with E-state index < -0.39 is 11.5 Å². The molecular weight excluding hydrogens is 218 g/mol. The van der Waals surface area contributed by atoms with E-state index in [1.807, 2.05) is 6.92 Å². The zero-order valence-corrected chi connectivity index (χ0v) is 11.6. The van der Waals surface area contributed by atoms with Crippen LogP contribution < -0.4 is 5.32 Å². The van der Waals surface area contributed by atoms with Gasteiger partial charge in [-0.2, -0.15) is 0 Å². The van der Waals surface area contributed by atoms with Crippen molar-refractivity contribution >= 4 is 5.97 Å². The Hall–Kier alpha value is -0.610. The summed E-state index contributed by atoms with van der Waals surface area (Å²) < 4.78 is 5.45. The second kappa shape index (κ2) is 8.48. The maximum absolute atomic E-state index is 11.2. The van der Waals surface area contributed by atoms with Gasteiger partial charge in [0.1, 0.15) is 5.54 Å². The molecule has 0 spiro atoms. The van der Waals surface area contributed by atoms with E-state index in [2.05, 4.69) is 19.2 Å². The molecule has 0 heterocycles. The Balaban J connectivity index is 3.88. The standard InChI is InChI=1S/C13H27NO3/c1-5-8-14-13(4,12(15)16)7-6-9-17-10-11(2)3/h11,14H,5-10H2,1-4H3,(H,15,16). The van der Waals surface area contributed by atoms with Gasteiger partial charge >= 0.3 is 5.97 Å². The van der Waals surface area contributed by atoms with Gasteiger partial charge in [0, 0.05) is 13.2 Å². The molecule has 0 fully saturated rings. The molecule has 17 heavy (non-hydrogen) atoms. The van der Waals surface area contributed by atoms with Gasteiger partial charge in [0.25, 0.3) is 0 Å². The fraction of sp³-hybridized carbons (Fsp3) is 0.923. The number of rotatable bonds is 10. The summed E-state index contributed by atoms with van der Waals surface area (Å²) in [6.45, 7) is 10.1. The molecule has 1 atom stereocenters. The molecule has 1 unspecified atom stereocenters. The van der Waals surface area contributed by atoms with Crippen LogP contribution in [0.2, 0.25) is 0 Å². The van der Waals surface area contributed by atoms with Crippen molar-refractivity contribution in [2.45, 2.75) is 52.5 Å². The predicted molar refractivity (Wildman–Crippen MR) is 69.2 cm³/mol. The van der Waals surface area contributed by atoms with Gasteiger partial charge in [-0.15, -0.1) is 0 Å². The van der Waals surface area contributed by atoms with E-state index in [0.29, 0.717) is 18.9 Å². The summed E-state index contributed by atoms with van der Waals surface area (Å²) in [4.78, 5) is 11.2. The number of carboxylic acid groups (broad SMARTS) is 1. The van der Waals surface area contributed by atoms with Gasteiger partial charge in [-0.05, 0) is 38.6 Å². The lowest BCUT2D eigenvalue weighted by molar-refractivity contribution is -0.144. The Morgan fingerprint density at radius 2 is 2.12 bits per heavy atom. The molecule has 0 aliphatic rings. The smallest absolute Gasteiger partial charge is 0.323 e. The third-order valence-corrected chi connectivity index (χ3v) is 2.65. The molecule has 0 saturated carbocycles. The largest absolute Gasteiger partial charge is 0.480 e. The predicted octanol–water partition coefficient (Wildman–Crippen LogP) is 2.28. The SMILES string of the molecule is CCCNC(C)(CCCOCC(C)C)C(=O)O. The minimum atomic E-state index is -0.822. The molecule has 0 aliphatic heterocycles. The highest BCUT2D eigenvalue weighted by molar-refractivity contribution is 5.78. The molecule has 0 aromatic rings. The van der Waals surface area contributed by atoms with Crippen molar-refractivity contribution in [2.24, 2.45) is 5.92 Å². The van der Waals surface area contributed by atoms with E-state index in [-0.39, 0.29) is 0 Å². The van der Waals surface area contributed by atoms with Crippen LogP contribution in [0.1, 0.15) is 47.0 Å². The first-order chi connectivity index (χ1) is 7.92. The van der Waals surface area contributed by atoms with Crippen molar-refractivity contribution in [3.05, 3.63) is 0 Å². The van der Waals surface area contributed by atoms with Crippen molar-refractivity contribution in [3.8, 4) is 0 Å². The second-order valence-corrected chi connectivity index (χ2v) is 5.14. The van der Waals surface area contributed by atoms with Crippen LogP contribution >= 0.6 is 0 Å². The highest BCUT2D eigenvalue weighted by Crippen LogP contribution is 2.13. The third kappa shape index (κ3) is 7.34. The Bertz CT molecular complexity index is 219. The summed E-state index contributed by atoms with van der Waals surface area (Å²) in [7, 11) is 0. The van der Waals surface area contributed by atoms with E-state index in [4.69, 9.17) is 4.74 Å². The third-order valence-electron chi connectivity index (χ3n) is 2.65. The van der Waals surface area contributed by atoms with E-state index in [1.165, 1.54) is 0 Å². The summed E-state index contributed by atoms with van der Waals surface area (Å²) in [5.41, 5.74) is -0.822. The first-order valence-electron chi connectivity index (χ1n) is 6.48. The fourth-order valence-corrected chi connectivity index (χ4v) is 1.52. The van der Waals surface area contributed by atoms with Crippen LogP contribution in [-0.4, -0.2) is 36.4 Å². The lowest BCUT2D eigenvalue weighted by Gasteiger charge is -2.26. The Kier molecular flexibility index (Phi) is 8.17. The molecule has 2 N–H and O–H groups in total. The van der Waals surface area contributed by atoms with Gasteiger partial charge < -0.3 is 15.2 Å². The van der Waals surface area contributed by atoms with Gasteiger partial charge in [0.05, 0.1) is 0 Å². The Labute approximate surface area is 105 Å². The van der Waals surface area contributed by atoms with Crippen LogP contribution in [0.5, 0.6) is 0 Å². The number of hydrogen-bond donors (Lipinski definition) is 2. The average Bonchev–Trinajstić information content (AvgIpc) is 2.25. The molecule has 4 nitrogen and oxygen atoms in total. The zero-order chi connectivity index (χ0) is 13.3.